The average Bonchev–Trinajstić information content (AvgIpc) is 3.37. The van der Waals surface area contributed by atoms with Crippen LogP contribution in [0.4, 0.5) is 0 Å². The second kappa shape index (κ2) is 8.67. The van der Waals surface area contributed by atoms with Crippen LogP contribution in [0.15, 0.2) is 54.2 Å². The summed E-state index contributed by atoms with van der Waals surface area (Å²) < 4.78 is 7.82. The van der Waals surface area contributed by atoms with Crippen molar-refractivity contribution in [2.24, 2.45) is 0 Å². The maximum absolute atomic E-state index is 12.4. The molecule has 0 fully saturated rings. The van der Waals surface area contributed by atoms with Gasteiger partial charge in [0.05, 0.1) is 22.9 Å². The summed E-state index contributed by atoms with van der Waals surface area (Å²) in [4.78, 5) is 21.5. The molecule has 30 heavy (non-hydrogen) atoms. The minimum Gasteiger partial charge on any atom is -0.487 e. The van der Waals surface area contributed by atoms with Crippen LogP contribution in [0, 0.1) is 6.92 Å². The zero-order valence-electron chi connectivity index (χ0n) is 17.3. The summed E-state index contributed by atoms with van der Waals surface area (Å²) in [5, 5.41) is 5.99. The summed E-state index contributed by atoms with van der Waals surface area (Å²) in [6.45, 7) is 7.07. The van der Waals surface area contributed by atoms with E-state index in [1.807, 2.05) is 41.2 Å². The average molecular weight is 421 g/mol. The van der Waals surface area contributed by atoms with Crippen LogP contribution in [-0.2, 0) is 13.2 Å². The SMILES string of the molecule is Cc1ccc2nc(COc3ccc(C(=O)NCc4csc(C(C)C)n4)cc3)cn2c1. The Morgan fingerprint density at radius 3 is 2.63 bits per heavy atom. The first kappa shape index (κ1) is 20.1. The number of pyridine rings is 1. The number of aryl methyl sites for hydroxylation is 1. The fourth-order valence-electron chi connectivity index (χ4n) is 3.03. The summed E-state index contributed by atoms with van der Waals surface area (Å²) in [6, 6.07) is 11.1. The molecule has 6 nitrogen and oxygen atoms in total. The van der Waals surface area contributed by atoms with Crippen LogP contribution in [-0.4, -0.2) is 20.3 Å². The molecule has 3 heterocycles. The summed E-state index contributed by atoms with van der Waals surface area (Å²) in [5.74, 6) is 0.967. The molecule has 0 saturated heterocycles. The molecular weight excluding hydrogens is 396 g/mol. The Labute approximate surface area is 179 Å². The van der Waals surface area contributed by atoms with Crippen molar-refractivity contribution in [3.63, 3.8) is 0 Å². The quantitative estimate of drug-likeness (QED) is 0.469. The maximum Gasteiger partial charge on any atom is 0.251 e. The molecule has 0 radical (unpaired) electrons. The number of nitrogens with one attached hydrogen (secondary N) is 1. The van der Waals surface area contributed by atoms with Gasteiger partial charge in [-0.05, 0) is 42.8 Å². The fraction of sp³-hybridized carbons (Fsp3) is 0.261. The topological polar surface area (TPSA) is 68.5 Å². The van der Waals surface area contributed by atoms with Gasteiger partial charge in [-0.2, -0.15) is 0 Å². The third kappa shape index (κ3) is 4.68. The van der Waals surface area contributed by atoms with Crippen molar-refractivity contribution >= 4 is 22.9 Å². The number of fused-ring (bicyclic) bond motifs is 1. The highest BCUT2D eigenvalue weighted by Crippen LogP contribution is 2.19. The molecular formula is C23H24N4O2S. The minimum absolute atomic E-state index is 0.128. The number of amides is 1. The van der Waals surface area contributed by atoms with Gasteiger partial charge in [0.2, 0.25) is 0 Å². The lowest BCUT2D eigenvalue weighted by Crippen LogP contribution is -2.22. The Morgan fingerprint density at radius 1 is 1.10 bits per heavy atom. The van der Waals surface area contributed by atoms with Crippen molar-refractivity contribution in [1.82, 2.24) is 19.7 Å². The molecule has 4 aromatic rings. The highest BCUT2D eigenvalue weighted by Gasteiger charge is 2.09. The van der Waals surface area contributed by atoms with Gasteiger partial charge < -0.3 is 14.5 Å². The summed E-state index contributed by atoms with van der Waals surface area (Å²) in [6.07, 6.45) is 4.00. The monoisotopic (exact) mass is 420 g/mol. The molecule has 0 saturated carbocycles. The Balaban J connectivity index is 1.31. The molecule has 1 N–H and O–H groups in total. The van der Waals surface area contributed by atoms with Gasteiger partial charge in [0.15, 0.2) is 0 Å². The number of carbonyl (C=O) groups is 1. The number of hydrogen-bond acceptors (Lipinski definition) is 5. The molecule has 1 amide bonds. The first-order valence-electron chi connectivity index (χ1n) is 9.87. The van der Waals surface area contributed by atoms with E-state index in [-0.39, 0.29) is 5.91 Å². The normalized spacial score (nSPS) is 11.2. The second-order valence-electron chi connectivity index (χ2n) is 7.53. The zero-order chi connectivity index (χ0) is 21.1. The summed E-state index contributed by atoms with van der Waals surface area (Å²) in [5.41, 5.74) is 4.40. The third-order valence-electron chi connectivity index (χ3n) is 4.65. The number of nitrogens with zero attached hydrogens (tertiary/aromatic N) is 3. The van der Waals surface area contributed by atoms with E-state index >= 15 is 0 Å². The Hall–Kier alpha value is -3.19. The van der Waals surface area contributed by atoms with Gasteiger partial charge in [0.1, 0.15) is 18.0 Å². The highest BCUT2D eigenvalue weighted by atomic mass is 32.1. The van der Waals surface area contributed by atoms with Gasteiger partial charge in [-0.15, -0.1) is 11.3 Å². The number of thiazole rings is 1. The van der Waals surface area contributed by atoms with Crippen molar-refractivity contribution < 1.29 is 9.53 Å². The van der Waals surface area contributed by atoms with E-state index < -0.39 is 0 Å². The van der Waals surface area contributed by atoms with Crippen LogP contribution in [0.25, 0.3) is 5.65 Å². The summed E-state index contributed by atoms with van der Waals surface area (Å²) in [7, 11) is 0. The molecule has 0 unspecified atom stereocenters. The number of ether oxygens (including phenoxy) is 1. The van der Waals surface area contributed by atoms with Gasteiger partial charge in [0, 0.05) is 29.3 Å². The Bertz CT molecular complexity index is 1160. The van der Waals surface area contributed by atoms with E-state index in [9.17, 15) is 4.79 Å². The molecule has 0 spiro atoms. The molecule has 0 atom stereocenters. The van der Waals surface area contributed by atoms with E-state index in [4.69, 9.17) is 4.74 Å². The van der Waals surface area contributed by atoms with Gasteiger partial charge in [-0.1, -0.05) is 19.9 Å². The van der Waals surface area contributed by atoms with E-state index in [2.05, 4.69) is 29.1 Å². The van der Waals surface area contributed by atoms with Crippen LogP contribution in [0.3, 0.4) is 0 Å². The number of hydrogen-bond donors (Lipinski definition) is 1. The van der Waals surface area contributed by atoms with Crippen molar-refractivity contribution in [3.05, 3.63) is 81.7 Å². The molecule has 1 aromatic carbocycles. The van der Waals surface area contributed by atoms with Crippen molar-refractivity contribution in [2.75, 3.05) is 0 Å². The standard InChI is InChI=1S/C23H24N4O2S/c1-15(2)23-26-18(14-30-23)10-24-22(28)17-5-7-20(8-6-17)29-13-19-12-27-11-16(3)4-9-21(27)25-19/h4-9,11-12,14-15H,10,13H2,1-3H3,(H,24,28). The molecule has 4 rings (SSSR count). The van der Waals surface area contributed by atoms with Crippen LogP contribution in [0.5, 0.6) is 5.75 Å². The largest absolute Gasteiger partial charge is 0.487 e. The van der Waals surface area contributed by atoms with Crippen LogP contribution < -0.4 is 10.1 Å². The number of benzene rings is 1. The van der Waals surface area contributed by atoms with Crippen LogP contribution >= 0.6 is 11.3 Å². The molecule has 0 aliphatic rings. The van der Waals surface area contributed by atoms with Crippen molar-refractivity contribution in [2.45, 2.75) is 39.8 Å². The lowest BCUT2D eigenvalue weighted by Gasteiger charge is -2.06. The van der Waals surface area contributed by atoms with E-state index in [1.54, 1.807) is 35.6 Å². The predicted molar refractivity (Wildman–Crippen MR) is 118 cm³/mol. The smallest absolute Gasteiger partial charge is 0.251 e. The minimum atomic E-state index is -0.128. The molecule has 7 heteroatoms. The number of carbonyl (C=O) groups excluding carboxylic acids is 1. The highest BCUT2D eigenvalue weighted by molar-refractivity contribution is 7.09. The lowest BCUT2D eigenvalue weighted by atomic mass is 10.2. The Kier molecular flexibility index (Phi) is 5.81. The van der Waals surface area contributed by atoms with E-state index in [1.165, 1.54) is 5.56 Å². The van der Waals surface area contributed by atoms with E-state index in [0.717, 1.165) is 22.0 Å². The zero-order valence-corrected chi connectivity index (χ0v) is 18.1. The Morgan fingerprint density at radius 2 is 1.90 bits per heavy atom. The van der Waals surface area contributed by atoms with Crippen LogP contribution in [0.1, 0.15) is 52.1 Å². The number of rotatable bonds is 7. The number of aromatic nitrogens is 3. The van der Waals surface area contributed by atoms with Gasteiger partial charge in [0.25, 0.3) is 5.91 Å². The lowest BCUT2D eigenvalue weighted by molar-refractivity contribution is 0.0950. The predicted octanol–water partition coefficient (Wildman–Crippen LogP) is 4.73. The van der Waals surface area contributed by atoms with Gasteiger partial charge in [-0.25, -0.2) is 9.97 Å². The van der Waals surface area contributed by atoms with Crippen LogP contribution in [0.2, 0.25) is 0 Å². The van der Waals surface area contributed by atoms with Crippen molar-refractivity contribution in [1.29, 1.82) is 0 Å². The molecule has 3 aromatic heterocycles. The summed E-state index contributed by atoms with van der Waals surface area (Å²) >= 11 is 1.63. The first-order valence-corrected chi connectivity index (χ1v) is 10.8. The maximum atomic E-state index is 12.4. The second-order valence-corrected chi connectivity index (χ2v) is 8.42. The molecule has 0 bridgehead atoms. The van der Waals surface area contributed by atoms with Gasteiger partial charge in [-0.3, -0.25) is 4.79 Å². The third-order valence-corrected chi connectivity index (χ3v) is 5.84. The first-order chi connectivity index (χ1) is 14.5. The number of imidazole rings is 1. The molecule has 0 aliphatic carbocycles. The molecule has 0 aliphatic heterocycles. The van der Waals surface area contributed by atoms with E-state index in [0.29, 0.717) is 30.4 Å². The van der Waals surface area contributed by atoms with Crippen molar-refractivity contribution in [3.8, 4) is 5.75 Å². The van der Waals surface area contributed by atoms with Gasteiger partial charge >= 0.3 is 0 Å². The fourth-order valence-corrected chi connectivity index (χ4v) is 3.86. The molecule has 154 valence electrons.